The standard InChI is InChI=1S/C7H15.Al.3ClH/c1-4-5-6-7(2)3;;;;/h7H,2,4-6H2,1,3H3;;3*1H/q;+3;;;/p-3. The molecule has 1 radical (unpaired) electrons. The van der Waals surface area contributed by atoms with Gasteiger partial charge in [0.15, 0.2) is 0 Å². The van der Waals surface area contributed by atoms with Gasteiger partial charge in [-0.1, -0.05) is 40.0 Å². The predicted octanol–water partition coefficient (Wildman–Crippen LogP) is 4.33. The first-order valence-corrected chi connectivity index (χ1v) is 8.99. The summed E-state index contributed by atoms with van der Waals surface area (Å²) in [6.45, 7) is 8.25. The molecule has 0 aliphatic rings. The Bertz CT molecular complexity index is 64.0. The molecule has 0 heterocycles. The van der Waals surface area contributed by atoms with Crippen molar-refractivity contribution in [2.24, 2.45) is 5.92 Å². The third-order valence-corrected chi connectivity index (χ3v) is 1.05. The fourth-order valence-corrected chi connectivity index (χ4v) is 0.553. The molecule has 1 atom stereocenters. The summed E-state index contributed by atoms with van der Waals surface area (Å²) in [5.41, 5.74) is 0. The van der Waals surface area contributed by atoms with E-state index in [0.717, 1.165) is 0 Å². The Kier molecular flexibility index (Phi) is 15.4. The summed E-state index contributed by atoms with van der Waals surface area (Å²) in [6, 6.07) is 0. The molecular formula is C7H15AlCl3. The van der Waals surface area contributed by atoms with Crippen LogP contribution in [0.3, 0.4) is 0 Å². The minimum Gasteiger partial charge on any atom is -0.214 e. The lowest BCUT2D eigenvalue weighted by Gasteiger charge is -1.98. The zero-order chi connectivity index (χ0) is 9.28. The summed E-state index contributed by atoms with van der Waals surface area (Å²) < 4.78 is 0. The Morgan fingerprint density at radius 3 is 1.82 bits per heavy atom. The van der Waals surface area contributed by atoms with Crippen LogP contribution < -0.4 is 0 Å². The quantitative estimate of drug-likeness (QED) is 0.635. The van der Waals surface area contributed by atoms with Gasteiger partial charge < -0.3 is 0 Å². The second-order valence-electron chi connectivity index (χ2n) is 2.49. The molecule has 1 unspecified atom stereocenters. The van der Waals surface area contributed by atoms with E-state index in [2.05, 4.69) is 20.8 Å². The molecule has 0 rings (SSSR count). The van der Waals surface area contributed by atoms with E-state index in [9.17, 15) is 0 Å². The van der Waals surface area contributed by atoms with Gasteiger partial charge in [0.25, 0.3) is 0 Å². The van der Waals surface area contributed by atoms with Crippen LogP contribution in [0.25, 0.3) is 0 Å². The molecule has 0 saturated carbocycles. The van der Waals surface area contributed by atoms with Gasteiger partial charge in [-0.25, -0.2) is 30.1 Å². The fourth-order valence-electron chi connectivity index (χ4n) is 0.553. The van der Waals surface area contributed by atoms with E-state index < -0.39 is 11.4 Å². The van der Waals surface area contributed by atoms with E-state index in [-0.39, 0.29) is 0 Å². The van der Waals surface area contributed by atoms with Crippen LogP contribution >= 0.6 is 30.1 Å². The van der Waals surface area contributed by atoms with Crippen LogP contribution in [0, 0.1) is 12.8 Å². The van der Waals surface area contributed by atoms with Gasteiger partial charge in [-0.05, 0) is 5.92 Å². The van der Waals surface area contributed by atoms with E-state index >= 15 is 0 Å². The molecule has 0 spiro atoms. The van der Waals surface area contributed by atoms with E-state index in [4.69, 9.17) is 30.1 Å². The first kappa shape index (κ1) is 14.9. The monoisotopic (exact) mass is 231 g/mol. The molecule has 0 N–H and O–H groups in total. The van der Waals surface area contributed by atoms with Crippen LogP contribution in [0.1, 0.15) is 33.1 Å². The van der Waals surface area contributed by atoms with Crippen molar-refractivity contribution in [3.8, 4) is 0 Å². The lowest BCUT2D eigenvalue weighted by molar-refractivity contribution is 0.595. The minimum atomic E-state index is -1.72. The van der Waals surface area contributed by atoms with Crippen molar-refractivity contribution in [2.75, 3.05) is 0 Å². The fraction of sp³-hybridized carbons (Fsp3) is 0.857. The maximum Gasteiger partial charge on any atom is 0.643 e. The Morgan fingerprint density at radius 2 is 1.73 bits per heavy atom. The Balaban J connectivity index is 0. The van der Waals surface area contributed by atoms with Crippen molar-refractivity contribution in [3.05, 3.63) is 6.92 Å². The molecule has 0 bridgehead atoms. The molecule has 0 nitrogen and oxygen atoms in total. The highest BCUT2D eigenvalue weighted by Crippen LogP contribution is 2.03. The molecule has 0 amide bonds. The summed E-state index contributed by atoms with van der Waals surface area (Å²) >= 11 is -1.72. The second kappa shape index (κ2) is 11.4. The van der Waals surface area contributed by atoms with Crippen LogP contribution in [-0.2, 0) is 0 Å². The summed E-state index contributed by atoms with van der Waals surface area (Å²) in [7, 11) is 14.8. The number of hydrogen-bond acceptors (Lipinski definition) is 0. The molecule has 0 aromatic rings. The number of hydrogen-bond donors (Lipinski definition) is 0. The maximum atomic E-state index is 4.94. The van der Waals surface area contributed by atoms with Gasteiger partial charge in [-0.2, -0.15) is 0 Å². The molecule has 67 valence electrons. The zero-order valence-corrected chi connectivity index (χ0v) is 10.5. The molecule has 0 aliphatic heterocycles. The third-order valence-electron chi connectivity index (χ3n) is 1.05. The highest BCUT2D eigenvalue weighted by atomic mass is 35.8. The van der Waals surface area contributed by atoms with Gasteiger partial charge in [0.1, 0.15) is 0 Å². The zero-order valence-electron chi connectivity index (χ0n) is 7.12. The summed E-state index contributed by atoms with van der Waals surface area (Å²) in [6.07, 6.45) is 3.93. The molecule has 0 aromatic carbocycles. The average molecular weight is 233 g/mol. The van der Waals surface area contributed by atoms with Crippen molar-refractivity contribution in [1.29, 1.82) is 0 Å². The van der Waals surface area contributed by atoms with Crippen LogP contribution in [0.2, 0.25) is 0 Å². The lowest BCUT2D eigenvalue weighted by atomic mass is 10.1. The van der Waals surface area contributed by atoms with Crippen molar-refractivity contribution in [2.45, 2.75) is 33.1 Å². The van der Waals surface area contributed by atoms with E-state index in [0.29, 0.717) is 5.92 Å². The van der Waals surface area contributed by atoms with Gasteiger partial charge in [0, 0.05) is 0 Å². The summed E-state index contributed by atoms with van der Waals surface area (Å²) in [5.74, 6) is 0.653. The first-order valence-electron chi connectivity index (χ1n) is 3.76. The van der Waals surface area contributed by atoms with Crippen LogP contribution in [-0.4, -0.2) is 11.4 Å². The summed E-state index contributed by atoms with van der Waals surface area (Å²) in [5, 5.41) is 0. The Hall–Kier alpha value is 1.40. The first-order chi connectivity index (χ1) is 5.00. The van der Waals surface area contributed by atoms with Crippen LogP contribution in [0.15, 0.2) is 0 Å². The van der Waals surface area contributed by atoms with Gasteiger partial charge in [-0.3, -0.25) is 0 Å². The Labute approximate surface area is 87.2 Å². The van der Waals surface area contributed by atoms with E-state index in [1.165, 1.54) is 19.3 Å². The number of unbranched alkanes of at least 4 members (excludes halogenated alkanes) is 1. The predicted molar refractivity (Wildman–Crippen MR) is 57.4 cm³/mol. The van der Waals surface area contributed by atoms with Crippen molar-refractivity contribution < 1.29 is 0 Å². The third kappa shape index (κ3) is 34.5. The normalized spacial score (nSPS) is 9.00. The smallest absolute Gasteiger partial charge is 0.214 e. The topological polar surface area (TPSA) is 0 Å². The van der Waals surface area contributed by atoms with Gasteiger partial charge in [-0.15, -0.1) is 0 Å². The molecule has 0 aromatic heterocycles. The van der Waals surface area contributed by atoms with E-state index in [1.807, 2.05) is 0 Å². The minimum absolute atomic E-state index is 0.653. The van der Waals surface area contributed by atoms with Gasteiger partial charge in [0.2, 0.25) is 0 Å². The van der Waals surface area contributed by atoms with Gasteiger partial charge in [0.05, 0.1) is 0 Å². The SMILES string of the molecule is [CH2]C(C)CCCC.[Cl][Al]([Cl])[Cl]. The van der Waals surface area contributed by atoms with Crippen molar-refractivity contribution in [1.82, 2.24) is 0 Å². The molecular weight excluding hydrogens is 217 g/mol. The maximum absolute atomic E-state index is 4.94. The largest absolute Gasteiger partial charge is 0.643 e. The Morgan fingerprint density at radius 1 is 1.36 bits per heavy atom. The van der Waals surface area contributed by atoms with Crippen molar-refractivity contribution >= 4 is 41.5 Å². The molecule has 0 fully saturated rings. The molecule has 11 heavy (non-hydrogen) atoms. The van der Waals surface area contributed by atoms with Crippen LogP contribution in [0.5, 0.6) is 0 Å². The average Bonchev–Trinajstić information content (AvgIpc) is 1.82. The highest BCUT2D eigenvalue weighted by Gasteiger charge is 2.00. The van der Waals surface area contributed by atoms with Crippen LogP contribution in [0.4, 0.5) is 0 Å². The number of rotatable bonds is 3. The molecule has 0 saturated heterocycles. The van der Waals surface area contributed by atoms with Gasteiger partial charge >= 0.3 is 11.4 Å². The molecule has 4 heteroatoms. The van der Waals surface area contributed by atoms with E-state index in [1.54, 1.807) is 0 Å². The highest BCUT2D eigenvalue weighted by molar-refractivity contribution is 7.54. The van der Waals surface area contributed by atoms with Crippen molar-refractivity contribution in [3.63, 3.8) is 0 Å². The number of halogens is 3. The summed E-state index contributed by atoms with van der Waals surface area (Å²) in [4.78, 5) is 0. The lowest BCUT2D eigenvalue weighted by Crippen LogP contribution is -1.84. The molecule has 0 aliphatic carbocycles. The second-order valence-corrected chi connectivity index (χ2v) is 8.93.